The molecule has 8 nitrogen and oxygen atoms in total. The molecule has 2 unspecified atom stereocenters. The van der Waals surface area contributed by atoms with Gasteiger partial charge in [0.25, 0.3) is 5.91 Å². The van der Waals surface area contributed by atoms with Gasteiger partial charge in [0.1, 0.15) is 43.7 Å². The minimum Gasteiger partial charge on any atom is -0.489 e. The second-order valence-corrected chi connectivity index (χ2v) is 11.4. The van der Waals surface area contributed by atoms with E-state index >= 15 is 0 Å². The Bertz CT molecular complexity index is 1270. The van der Waals surface area contributed by atoms with Crippen LogP contribution in [-0.2, 0) is 34.0 Å². The maximum atomic E-state index is 13.6. The predicted octanol–water partition coefficient (Wildman–Crippen LogP) is -2.90. The number of piperidine rings is 1. The highest BCUT2D eigenvalue weighted by atomic mass is 16.5. The molecule has 0 aliphatic carbocycles. The van der Waals surface area contributed by atoms with E-state index < -0.39 is 10.7 Å². The minimum absolute atomic E-state index is 0.209. The SMILES string of the molecule is BC1C(B)(B)C(=O)N(B)C(=O)C1(B)N1Cc2c(OCc3ccc(CN4CCOCC4)cc3)cccc2C1=O. The molecule has 3 aliphatic rings. The Morgan fingerprint density at radius 2 is 1.61 bits per heavy atom. The molecule has 0 bridgehead atoms. The molecule has 13 heteroatoms. The number of carbonyl (C=O) groups is 3. The van der Waals surface area contributed by atoms with Crippen LogP contribution in [0.2, 0.25) is 11.0 Å². The van der Waals surface area contributed by atoms with Crippen LogP contribution in [-0.4, -0.2) is 103 Å². The van der Waals surface area contributed by atoms with Gasteiger partial charge in [-0.1, -0.05) is 30.3 Å². The normalized spacial score (nSPS) is 25.5. The molecule has 2 aromatic carbocycles. The first-order valence-corrected chi connectivity index (χ1v) is 13.3. The van der Waals surface area contributed by atoms with Gasteiger partial charge in [0.2, 0.25) is 19.8 Å². The van der Waals surface area contributed by atoms with Crippen LogP contribution in [0.25, 0.3) is 0 Å². The molecule has 2 saturated heterocycles. The molecular formula is C25H32B5N3O5. The van der Waals surface area contributed by atoms with E-state index in [9.17, 15) is 14.4 Å². The van der Waals surface area contributed by atoms with Crippen LogP contribution in [0.15, 0.2) is 42.5 Å². The third kappa shape index (κ3) is 4.39. The second kappa shape index (κ2) is 10.0. The van der Waals surface area contributed by atoms with Crippen LogP contribution < -0.4 is 4.74 Å². The lowest BCUT2D eigenvalue weighted by molar-refractivity contribution is -0.148. The minimum atomic E-state index is -1.16. The number of morpholine rings is 1. The summed E-state index contributed by atoms with van der Waals surface area (Å²) in [5, 5.41) is -0.792. The van der Waals surface area contributed by atoms with Crippen molar-refractivity contribution in [2.45, 2.75) is 36.2 Å². The molecule has 2 fully saturated rings. The van der Waals surface area contributed by atoms with Crippen molar-refractivity contribution in [3.63, 3.8) is 0 Å². The monoisotopic (exact) mass is 509 g/mol. The van der Waals surface area contributed by atoms with Crippen LogP contribution in [0.4, 0.5) is 0 Å². The zero-order valence-corrected chi connectivity index (χ0v) is 23.0. The summed E-state index contributed by atoms with van der Waals surface area (Å²) in [6, 6.07) is 13.9. The number of hydrogen-bond donors (Lipinski definition) is 0. The van der Waals surface area contributed by atoms with Crippen LogP contribution >= 0.6 is 0 Å². The fourth-order valence-electron chi connectivity index (χ4n) is 6.02. The summed E-state index contributed by atoms with van der Waals surface area (Å²) in [6.45, 7) is 5.01. The summed E-state index contributed by atoms with van der Waals surface area (Å²) in [5.41, 5.74) is 2.46. The van der Waals surface area contributed by atoms with Crippen molar-refractivity contribution >= 4 is 57.1 Å². The number of carbonyl (C=O) groups excluding carboxylic acids is 3. The van der Waals surface area contributed by atoms with Crippen molar-refractivity contribution in [2.75, 3.05) is 26.3 Å². The molecule has 2 atom stereocenters. The number of amides is 3. The first-order chi connectivity index (χ1) is 18.0. The highest BCUT2D eigenvalue weighted by molar-refractivity contribution is 6.60. The molecule has 3 aliphatic heterocycles. The molecule has 2 aromatic rings. The molecule has 0 N–H and O–H groups in total. The number of ether oxygens (including phenoxy) is 2. The molecule has 38 heavy (non-hydrogen) atoms. The van der Waals surface area contributed by atoms with Gasteiger partial charge < -0.3 is 19.2 Å². The molecule has 0 aromatic heterocycles. The van der Waals surface area contributed by atoms with Crippen molar-refractivity contribution in [1.29, 1.82) is 0 Å². The second-order valence-electron chi connectivity index (χ2n) is 11.4. The van der Waals surface area contributed by atoms with E-state index in [1.54, 1.807) is 18.8 Å². The van der Waals surface area contributed by atoms with Gasteiger partial charge in [0.05, 0.1) is 25.2 Å². The van der Waals surface area contributed by atoms with Crippen molar-refractivity contribution in [3.8, 4) is 5.75 Å². The smallest absolute Gasteiger partial charge is 0.254 e. The highest BCUT2D eigenvalue weighted by Gasteiger charge is 2.60. The van der Waals surface area contributed by atoms with E-state index in [4.69, 9.17) is 9.47 Å². The molecule has 192 valence electrons. The van der Waals surface area contributed by atoms with Crippen molar-refractivity contribution in [2.24, 2.45) is 0 Å². The van der Waals surface area contributed by atoms with E-state index in [1.165, 1.54) is 18.4 Å². The van der Waals surface area contributed by atoms with E-state index in [2.05, 4.69) is 29.2 Å². The summed E-state index contributed by atoms with van der Waals surface area (Å²) in [5.74, 6) is -0.519. The number of nitrogens with zero attached hydrogens (tertiary/aromatic N) is 3. The van der Waals surface area contributed by atoms with Gasteiger partial charge in [-0.15, -0.1) is 0 Å². The average Bonchev–Trinajstić information content (AvgIpc) is 3.27. The van der Waals surface area contributed by atoms with Crippen LogP contribution in [0.5, 0.6) is 5.75 Å². The molecule has 3 heterocycles. The lowest BCUT2D eigenvalue weighted by atomic mass is 9.34. The predicted molar refractivity (Wildman–Crippen MR) is 157 cm³/mol. The maximum Gasteiger partial charge on any atom is 0.254 e. The van der Waals surface area contributed by atoms with Crippen LogP contribution in [0.3, 0.4) is 0 Å². The Morgan fingerprint density at radius 1 is 0.947 bits per heavy atom. The largest absolute Gasteiger partial charge is 0.489 e. The van der Waals surface area contributed by atoms with Crippen molar-refractivity contribution in [1.82, 2.24) is 14.6 Å². The number of fused-ring (bicyclic) bond motifs is 1. The lowest BCUT2D eigenvalue weighted by Crippen LogP contribution is -2.70. The Balaban J connectivity index is 1.32. The first kappa shape index (κ1) is 26.7. The zero-order chi connectivity index (χ0) is 27.2. The van der Waals surface area contributed by atoms with E-state index in [0.717, 1.165) is 44.0 Å². The Kier molecular flexibility index (Phi) is 7.03. The Hall–Kier alpha value is -2.91. The van der Waals surface area contributed by atoms with Crippen LogP contribution in [0.1, 0.15) is 27.0 Å². The third-order valence-corrected chi connectivity index (χ3v) is 8.93. The van der Waals surface area contributed by atoms with Crippen molar-refractivity contribution in [3.05, 3.63) is 64.7 Å². The standard InChI is InChI=1S/C25H32B5N3O5/c26-21-24(27,28)22(35)33(30)23(36)25(21,29)32-13-18-17(20(32)34)2-1-3-19(18)38-14-16-6-4-15(5-7-16)12-31-8-10-37-11-9-31/h1-7,21H,8-14,26-30H2. The highest BCUT2D eigenvalue weighted by Crippen LogP contribution is 2.49. The molecular weight excluding hydrogens is 476 g/mol. The molecule has 5 rings (SSSR count). The molecule has 3 amide bonds. The van der Waals surface area contributed by atoms with Gasteiger partial charge in [-0.2, -0.15) is 0 Å². The van der Waals surface area contributed by atoms with Gasteiger partial charge in [-0.05, 0) is 34.3 Å². The zero-order valence-electron chi connectivity index (χ0n) is 23.0. The maximum absolute atomic E-state index is 13.6. The number of imide groups is 1. The topological polar surface area (TPSA) is 79.4 Å². The lowest BCUT2D eigenvalue weighted by Gasteiger charge is -2.54. The summed E-state index contributed by atoms with van der Waals surface area (Å²) in [6.07, 6.45) is 0. The summed E-state index contributed by atoms with van der Waals surface area (Å²) >= 11 is 0. The Labute approximate surface area is 228 Å². The number of rotatable bonds is 6. The number of benzene rings is 2. The van der Waals surface area contributed by atoms with Crippen molar-refractivity contribution < 1.29 is 23.9 Å². The van der Waals surface area contributed by atoms with E-state index in [-0.39, 0.29) is 30.1 Å². The van der Waals surface area contributed by atoms with E-state index in [1.807, 2.05) is 35.7 Å². The van der Waals surface area contributed by atoms with Gasteiger partial charge >= 0.3 is 0 Å². The molecule has 0 radical (unpaired) electrons. The van der Waals surface area contributed by atoms with Crippen LogP contribution in [0, 0.1) is 0 Å². The average molecular weight is 509 g/mol. The third-order valence-electron chi connectivity index (χ3n) is 8.93. The molecule has 0 saturated carbocycles. The van der Waals surface area contributed by atoms with Gasteiger partial charge in [0, 0.05) is 30.8 Å². The van der Waals surface area contributed by atoms with Gasteiger partial charge in [0.15, 0.2) is 0 Å². The quantitative estimate of drug-likeness (QED) is 0.308. The van der Waals surface area contributed by atoms with Gasteiger partial charge in [-0.25, -0.2) is 0 Å². The molecule has 0 spiro atoms. The summed E-state index contributed by atoms with van der Waals surface area (Å²) in [7, 11) is 8.86. The summed E-state index contributed by atoms with van der Waals surface area (Å²) in [4.78, 5) is 45.1. The number of hydrogen-bond acceptors (Lipinski definition) is 6. The fourth-order valence-corrected chi connectivity index (χ4v) is 6.02. The summed E-state index contributed by atoms with van der Waals surface area (Å²) < 4.78 is 11.6. The fraction of sp³-hybridized carbons (Fsp3) is 0.400. The van der Waals surface area contributed by atoms with Gasteiger partial charge in [-0.3, -0.25) is 19.3 Å². The Morgan fingerprint density at radius 3 is 2.29 bits per heavy atom. The van der Waals surface area contributed by atoms with E-state index in [0.29, 0.717) is 17.9 Å². The first-order valence-electron chi connectivity index (χ1n) is 13.3.